The van der Waals surface area contributed by atoms with Crippen LogP contribution in [0.4, 0.5) is 0 Å². The van der Waals surface area contributed by atoms with Crippen molar-refractivity contribution in [2.75, 3.05) is 0 Å². The number of benzene rings is 2. The number of aromatic nitrogens is 3. The van der Waals surface area contributed by atoms with Gasteiger partial charge in [0.15, 0.2) is 5.82 Å². The molecule has 2 aromatic carbocycles. The Balaban J connectivity index is 1.61. The van der Waals surface area contributed by atoms with E-state index in [0.717, 1.165) is 34.9 Å². The molecular weight excluding hydrogens is 336 g/mol. The van der Waals surface area contributed by atoms with Gasteiger partial charge < -0.3 is 14.9 Å². The van der Waals surface area contributed by atoms with Crippen molar-refractivity contribution in [2.24, 2.45) is 5.92 Å². The number of fused-ring (bicyclic) bond motifs is 1. The lowest BCUT2D eigenvalue weighted by Gasteiger charge is -2.07. The van der Waals surface area contributed by atoms with Crippen LogP contribution >= 0.6 is 0 Å². The van der Waals surface area contributed by atoms with Gasteiger partial charge in [-0.3, -0.25) is 0 Å². The minimum Gasteiger partial charge on any atom is -0.361 e. The van der Waals surface area contributed by atoms with Crippen molar-refractivity contribution in [2.45, 2.75) is 26.2 Å². The van der Waals surface area contributed by atoms with Crippen LogP contribution in [0.2, 0.25) is 0 Å². The molecule has 0 saturated heterocycles. The monoisotopic (exact) mass is 358 g/mol. The molecule has 2 heterocycles. The van der Waals surface area contributed by atoms with E-state index in [-0.39, 0.29) is 5.92 Å². The summed E-state index contributed by atoms with van der Waals surface area (Å²) in [6.07, 6.45) is 6.04. The third-order valence-electron chi connectivity index (χ3n) is 4.93. The molecule has 0 spiro atoms. The molecule has 1 atom stereocenters. The highest BCUT2D eigenvalue weighted by molar-refractivity contribution is 5.87. The van der Waals surface area contributed by atoms with Crippen LogP contribution in [0.25, 0.3) is 22.4 Å². The highest BCUT2D eigenvalue weighted by Crippen LogP contribution is 2.27. The number of hydrogen-bond acceptors (Lipinski definition) is 4. The van der Waals surface area contributed by atoms with Crippen LogP contribution in [0.3, 0.4) is 0 Å². The van der Waals surface area contributed by atoms with E-state index >= 15 is 0 Å². The molecular formula is C22H22N4O. The molecule has 5 heteroatoms. The Morgan fingerprint density at radius 1 is 1.19 bits per heavy atom. The average Bonchev–Trinajstić information content (AvgIpc) is 3.33. The summed E-state index contributed by atoms with van der Waals surface area (Å²) in [5, 5.41) is 12.9. The molecule has 2 N–H and O–H groups in total. The second-order valence-electron chi connectivity index (χ2n) is 6.79. The summed E-state index contributed by atoms with van der Waals surface area (Å²) in [7, 11) is 0. The Kier molecular flexibility index (Phi) is 4.83. The van der Waals surface area contributed by atoms with Gasteiger partial charge in [0.25, 0.3) is 5.89 Å². The third kappa shape index (κ3) is 3.67. The molecule has 4 aromatic rings. The topological polar surface area (TPSA) is 78.6 Å². The predicted molar refractivity (Wildman–Crippen MR) is 107 cm³/mol. The van der Waals surface area contributed by atoms with E-state index < -0.39 is 0 Å². The normalized spacial score (nSPS) is 12.3. The molecule has 5 nitrogen and oxygen atoms in total. The lowest BCUT2D eigenvalue weighted by Crippen LogP contribution is -2.03. The van der Waals surface area contributed by atoms with E-state index in [0.29, 0.717) is 18.1 Å². The number of hydrogen-bond donors (Lipinski definition) is 2. The van der Waals surface area contributed by atoms with Crippen molar-refractivity contribution in [1.82, 2.24) is 15.1 Å². The number of H-pyrrole nitrogens is 1. The van der Waals surface area contributed by atoms with E-state index in [4.69, 9.17) is 9.93 Å². The van der Waals surface area contributed by atoms with Gasteiger partial charge in [0.2, 0.25) is 0 Å². The van der Waals surface area contributed by atoms with Gasteiger partial charge in [0, 0.05) is 29.1 Å². The first-order valence-electron chi connectivity index (χ1n) is 9.24. The quantitative estimate of drug-likeness (QED) is 0.455. The van der Waals surface area contributed by atoms with Crippen LogP contribution in [-0.2, 0) is 12.8 Å². The number of rotatable bonds is 7. The van der Waals surface area contributed by atoms with Crippen LogP contribution in [0.15, 0.2) is 59.3 Å². The Labute approximate surface area is 157 Å². The molecule has 2 aromatic heterocycles. The maximum absolute atomic E-state index is 7.57. The second kappa shape index (κ2) is 7.58. The minimum atomic E-state index is 0.258. The Bertz CT molecular complexity index is 1050. The maximum atomic E-state index is 7.57. The zero-order chi connectivity index (χ0) is 18.6. The van der Waals surface area contributed by atoms with Crippen molar-refractivity contribution in [3.63, 3.8) is 0 Å². The van der Waals surface area contributed by atoms with Gasteiger partial charge in [-0.15, -0.1) is 0 Å². The molecule has 0 bridgehead atoms. The molecule has 0 radical (unpaired) electrons. The number of aromatic amines is 1. The molecule has 27 heavy (non-hydrogen) atoms. The van der Waals surface area contributed by atoms with Crippen molar-refractivity contribution in [3.05, 3.63) is 71.7 Å². The van der Waals surface area contributed by atoms with Gasteiger partial charge in [-0.05, 0) is 54.3 Å². The summed E-state index contributed by atoms with van der Waals surface area (Å²) in [6, 6.07) is 16.3. The van der Waals surface area contributed by atoms with E-state index in [1.165, 1.54) is 11.8 Å². The van der Waals surface area contributed by atoms with Crippen molar-refractivity contribution in [1.29, 1.82) is 5.41 Å². The van der Waals surface area contributed by atoms with E-state index in [1.807, 2.05) is 36.5 Å². The van der Waals surface area contributed by atoms with Crippen molar-refractivity contribution < 1.29 is 4.52 Å². The van der Waals surface area contributed by atoms with Gasteiger partial charge in [0.05, 0.1) is 0 Å². The molecule has 0 aliphatic heterocycles. The van der Waals surface area contributed by atoms with Crippen LogP contribution in [-0.4, -0.2) is 21.3 Å². The first-order valence-corrected chi connectivity index (χ1v) is 9.24. The minimum absolute atomic E-state index is 0.258. The van der Waals surface area contributed by atoms with Gasteiger partial charge in [-0.25, -0.2) is 0 Å². The summed E-state index contributed by atoms with van der Waals surface area (Å²) < 4.78 is 5.50. The van der Waals surface area contributed by atoms with E-state index in [2.05, 4.69) is 40.2 Å². The number of nitrogens with one attached hydrogen (secondary N) is 2. The van der Waals surface area contributed by atoms with E-state index in [1.54, 1.807) is 0 Å². The Hall–Kier alpha value is -3.21. The average molecular weight is 358 g/mol. The van der Waals surface area contributed by atoms with Crippen molar-refractivity contribution >= 4 is 17.1 Å². The molecule has 0 aliphatic carbocycles. The molecule has 0 saturated carbocycles. The van der Waals surface area contributed by atoms with Crippen LogP contribution in [0, 0.1) is 11.3 Å². The first-order chi connectivity index (χ1) is 13.3. The standard InChI is InChI=1S/C22H22N4O/c1-2-15(13-23)10-18-14-24-20-9-8-17(12-19(18)20)22-25-21(26-27-22)11-16-6-4-3-5-7-16/h3-9,12-15,23-24H,2,10-11H2,1H3/t15-/m1/s1. The summed E-state index contributed by atoms with van der Waals surface area (Å²) in [6.45, 7) is 2.11. The Morgan fingerprint density at radius 2 is 2.04 bits per heavy atom. The highest BCUT2D eigenvalue weighted by Gasteiger charge is 2.13. The zero-order valence-corrected chi connectivity index (χ0v) is 15.3. The van der Waals surface area contributed by atoms with Crippen LogP contribution in [0.5, 0.6) is 0 Å². The molecule has 0 unspecified atom stereocenters. The van der Waals surface area contributed by atoms with E-state index in [9.17, 15) is 0 Å². The summed E-state index contributed by atoms with van der Waals surface area (Å²) in [5.41, 5.74) is 4.37. The SMILES string of the molecule is CC[C@@H](C=N)Cc1c[nH]c2ccc(-c3nc(Cc4ccccc4)no3)cc12. The molecule has 0 aliphatic rings. The predicted octanol–water partition coefficient (Wildman–Crippen LogP) is 5.03. The first kappa shape index (κ1) is 17.2. The molecule has 4 rings (SSSR count). The number of nitrogens with zero attached hydrogens (tertiary/aromatic N) is 2. The summed E-state index contributed by atoms with van der Waals surface area (Å²) in [4.78, 5) is 7.88. The Morgan fingerprint density at radius 3 is 2.81 bits per heavy atom. The fourth-order valence-electron chi connectivity index (χ4n) is 3.31. The van der Waals surface area contributed by atoms with Gasteiger partial charge in [0.1, 0.15) is 0 Å². The molecule has 0 amide bonds. The van der Waals surface area contributed by atoms with Gasteiger partial charge in [-0.1, -0.05) is 42.4 Å². The fraction of sp³-hybridized carbons (Fsp3) is 0.227. The lowest BCUT2D eigenvalue weighted by atomic mass is 9.97. The second-order valence-corrected chi connectivity index (χ2v) is 6.79. The van der Waals surface area contributed by atoms with Gasteiger partial charge >= 0.3 is 0 Å². The van der Waals surface area contributed by atoms with Gasteiger partial charge in [-0.2, -0.15) is 4.98 Å². The fourth-order valence-corrected chi connectivity index (χ4v) is 3.31. The van der Waals surface area contributed by atoms with Crippen molar-refractivity contribution in [3.8, 4) is 11.5 Å². The third-order valence-corrected chi connectivity index (χ3v) is 4.93. The molecule has 136 valence electrons. The maximum Gasteiger partial charge on any atom is 0.257 e. The highest BCUT2D eigenvalue weighted by atomic mass is 16.5. The summed E-state index contributed by atoms with van der Waals surface area (Å²) >= 11 is 0. The lowest BCUT2D eigenvalue weighted by molar-refractivity contribution is 0.424. The smallest absolute Gasteiger partial charge is 0.257 e. The van der Waals surface area contributed by atoms with Crippen LogP contribution < -0.4 is 0 Å². The largest absolute Gasteiger partial charge is 0.361 e. The molecule has 0 fully saturated rings. The zero-order valence-electron chi connectivity index (χ0n) is 15.3. The summed E-state index contributed by atoms with van der Waals surface area (Å²) in [5.74, 6) is 1.48. The van der Waals surface area contributed by atoms with Crippen LogP contribution in [0.1, 0.15) is 30.3 Å².